The zero-order valence-electron chi connectivity index (χ0n) is 11.8. The number of amides is 1. The maximum Gasteiger partial charge on any atom is 0.407 e. The van der Waals surface area contributed by atoms with Crippen molar-refractivity contribution in [3.63, 3.8) is 0 Å². The first-order chi connectivity index (χ1) is 10.2. The maximum absolute atomic E-state index is 11.4. The van der Waals surface area contributed by atoms with Gasteiger partial charge in [-0.1, -0.05) is 24.3 Å². The van der Waals surface area contributed by atoms with Crippen molar-refractivity contribution in [1.82, 2.24) is 9.88 Å². The Labute approximate surface area is 123 Å². The number of aromatic nitrogens is 1. The van der Waals surface area contributed by atoms with Gasteiger partial charge < -0.3 is 15.7 Å². The summed E-state index contributed by atoms with van der Waals surface area (Å²) in [5.74, 6) is 0. The first-order valence-electron chi connectivity index (χ1n) is 7.27. The quantitative estimate of drug-likeness (QED) is 0.889. The first-order valence-corrected chi connectivity index (χ1v) is 7.27. The summed E-state index contributed by atoms with van der Waals surface area (Å²) < 4.78 is 0. The Bertz CT molecular complexity index is 654. The number of benzene rings is 1. The normalized spacial score (nSPS) is 20.4. The molecule has 0 bridgehead atoms. The average Bonchev–Trinajstić information content (AvgIpc) is 2.53. The summed E-state index contributed by atoms with van der Waals surface area (Å²) in [5, 5.41) is 11.5. The fraction of sp³-hybridized carbons (Fsp3) is 0.375. The summed E-state index contributed by atoms with van der Waals surface area (Å²) in [6.07, 6.45) is 3.55. The average molecular weight is 285 g/mol. The van der Waals surface area contributed by atoms with Crippen LogP contribution in [0.15, 0.2) is 36.5 Å². The van der Waals surface area contributed by atoms with E-state index in [0.29, 0.717) is 6.54 Å². The molecule has 1 fully saturated rings. The number of carbonyl (C=O) groups is 1. The van der Waals surface area contributed by atoms with Gasteiger partial charge in [0, 0.05) is 18.1 Å². The van der Waals surface area contributed by atoms with Crippen LogP contribution >= 0.6 is 0 Å². The van der Waals surface area contributed by atoms with Gasteiger partial charge in [-0.2, -0.15) is 0 Å². The highest BCUT2D eigenvalue weighted by Gasteiger charge is 2.33. The largest absolute Gasteiger partial charge is 0.465 e. The third kappa shape index (κ3) is 2.56. The predicted octanol–water partition coefficient (Wildman–Crippen LogP) is 2.77. The smallest absolute Gasteiger partial charge is 0.407 e. The van der Waals surface area contributed by atoms with Crippen LogP contribution in [0.3, 0.4) is 0 Å². The molecule has 110 valence electrons. The van der Waals surface area contributed by atoms with Gasteiger partial charge in [-0.3, -0.25) is 4.98 Å². The number of carboxylic acid groups (broad SMARTS) is 1. The number of fused-ring (bicyclic) bond motifs is 1. The number of hydrogen-bond acceptors (Lipinski definition) is 3. The summed E-state index contributed by atoms with van der Waals surface area (Å²) in [7, 11) is 0. The van der Waals surface area contributed by atoms with Gasteiger partial charge >= 0.3 is 6.09 Å². The van der Waals surface area contributed by atoms with E-state index in [4.69, 9.17) is 5.73 Å². The van der Waals surface area contributed by atoms with E-state index >= 15 is 0 Å². The highest BCUT2D eigenvalue weighted by Crippen LogP contribution is 2.29. The lowest BCUT2D eigenvalue weighted by Crippen LogP contribution is -2.48. The highest BCUT2D eigenvalue weighted by atomic mass is 16.4. The van der Waals surface area contributed by atoms with Gasteiger partial charge in [0.05, 0.1) is 17.8 Å². The molecule has 0 radical (unpaired) electrons. The minimum Gasteiger partial charge on any atom is -0.465 e. The van der Waals surface area contributed by atoms with Gasteiger partial charge in [-0.15, -0.1) is 0 Å². The molecule has 0 spiro atoms. The van der Waals surface area contributed by atoms with E-state index in [1.54, 1.807) is 6.20 Å². The van der Waals surface area contributed by atoms with Crippen LogP contribution < -0.4 is 5.73 Å². The lowest BCUT2D eigenvalue weighted by atomic mass is 9.92. The van der Waals surface area contributed by atoms with Gasteiger partial charge in [0.15, 0.2) is 0 Å². The zero-order valence-corrected chi connectivity index (χ0v) is 11.8. The summed E-state index contributed by atoms with van der Waals surface area (Å²) in [6, 6.07) is 9.29. The van der Waals surface area contributed by atoms with Crippen LogP contribution in [-0.2, 0) is 0 Å². The van der Waals surface area contributed by atoms with Crippen molar-refractivity contribution in [3.05, 3.63) is 42.2 Å². The minimum atomic E-state index is -0.893. The maximum atomic E-state index is 11.4. The molecule has 2 atom stereocenters. The number of rotatable bonds is 2. The second-order valence-electron chi connectivity index (χ2n) is 5.48. The number of piperidine rings is 1. The molecule has 3 rings (SSSR count). The molecule has 0 saturated carbocycles. The van der Waals surface area contributed by atoms with Crippen LogP contribution in [-0.4, -0.2) is 33.7 Å². The molecule has 2 heterocycles. The number of nitrogens with two attached hydrogens (primary N) is 1. The number of nitrogens with zero attached hydrogens (tertiary/aromatic N) is 2. The van der Waals surface area contributed by atoms with Gasteiger partial charge in [0.25, 0.3) is 0 Å². The number of hydrogen-bond donors (Lipinski definition) is 2. The van der Waals surface area contributed by atoms with Gasteiger partial charge in [-0.25, -0.2) is 4.79 Å². The highest BCUT2D eigenvalue weighted by molar-refractivity contribution is 5.84. The Morgan fingerprint density at radius 2 is 2.14 bits per heavy atom. The van der Waals surface area contributed by atoms with Crippen LogP contribution in [0.25, 0.3) is 10.8 Å². The van der Waals surface area contributed by atoms with E-state index in [1.807, 2.05) is 30.3 Å². The van der Waals surface area contributed by atoms with E-state index in [-0.39, 0.29) is 6.04 Å². The molecule has 1 aromatic heterocycles. The Kier molecular flexibility index (Phi) is 3.75. The molecule has 5 nitrogen and oxygen atoms in total. The standard InChI is InChI=1S/C16H19N3O2/c17-14(13-7-3-4-10-19(13)16(20)21)15-12-6-2-1-5-11(12)8-9-18-15/h1-2,5-6,8-9,13-14H,3-4,7,10,17H2,(H,20,21). The van der Waals surface area contributed by atoms with Crippen LogP contribution in [0, 0.1) is 0 Å². The Hall–Kier alpha value is -2.14. The molecule has 1 aliphatic heterocycles. The number of likely N-dealkylation sites (tertiary alicyclic amines) is 1. The molecular formula is C16H19N3O2. The molecule has 1 aromatic carbocycles. The van der Waals surface area contributed by atoms with E-state index in [9.17, 15) is 9.90 Å². The second-order valence-corrected chi connectivity index (χ2v) is 5.48. The van der Waals surface area contributed by atoms with Gasteiger partial charge in [0.2, 0.25) is 0 Å². The van der Waals surface area contributed by atoms with Crippen LogP contribution in [0.2, 0.25) is 0 Å². The molecule has 1 aliphatic rings. The van der Waals surface area contributed by atoms with Crippen molar-refractivity contribution in [1.29, 1.82) is 0 Å². The van der Waals surface area contributed by atoms with E-state index in [0.717, 1.165) is 35.7 Å². The molecule has 2 aromatic rings. The fourth-order valence-electron chi connectivity index (χ4n) is 3.16. The van der Waals surface area contributed by atoms with Crippen LogP contribution in [0.1, 0.15) is 31.0 Å². The molecule has 1 amide bonds. The van der Waals surface area contributed by atoms with Crippen molar-refractivity contribution >= 4 is 16.9 Å². The lowest BCUT2D eigenvalue weighted by Gasteiger charge is -2.37. The third-order valence-corrected chi connectivity index (χ3v) is 4.23. The van der Waals surface area contributed by atoms with E-state index < -0.39 is 12.1 Å². The molecule has 3 N–H and O–H groups in total. The topological polar surface area (TPSA) is 79.5 Å². The lowest BCUT2D eigenvalue weighted by molar-refractivity contribution is 0.0963. The van der Waals surface area contributed by atoms with Crippen molar-refractivity contribution in [3.8, 4) is 0 Å². The van der Waals surface area contributed by atoms with E-state index in [2.05, 4.69) is 4.98 Å². The summed E-state index contributed by atoms with van der Waals surface area (Å²) in [4.78, 5) is 17.3. The molecule has 0 aliphatic carbocycles. The molecule has 5 heteroatoms. The van der Waals surface area contributed by atoms with Crippen LogP contribution in [0.4, 0.5) is 4.79 Å². The third-order valence-electron chi connectivity index (χ3n) is 4.23. The molecule has 1 saturated heterocycles. The summed E-state index contributed by atoms with van der Waals surface area (Å²) in [6.45, 7) is 0.554. The Morgan fingerprint density at radius 3 is 2.95 bits per heavy atom. The minimum absolute atomic E-state index is 0.199. The Morgan fingerprint density at radius 1 is 1.33 bits per heavy atom. The molecule has 2 unspecified atom stereocenters. The van der Waals surface area contributed by atoms with Gasteiger partial charge in [0.1, 0.15) is 0 Å². The predicted molar refractivity (Wildman–Crippen MR) is 81.0 cm³/mol. The second kappa shape index (κ2) is 5.69. The monoisotopic (exact) mass is 285 g/mol. The number of pyridine rings is 1. The van der Waals surface area contributed by atoms with Crippen molar-refractivity contribution in [2.45, 2.75) is 31.3 Å². The fourth-order valence-corrected chi connectivity index (χ4v) is 3.16. The SMILES string of the molecule is NC(c1nccc2ccccc12)C1CCCCN1C(=O)O. The Balaban J connectivity index is 1.99. The van der Waals surface area contributed by atoms with Crippen molar-refractivity contribution in [2.75, 3.05) is 6.54 Å². The van der Waals surface area contributed by atoms with Crippen molar-refractivity contribution in [2.24, 2.45) is 5.73 Å². The summed E-state index contributed by atoms with van der Waals surface area (Å²) >= 11 is 0. The first kappa shape index (κ1) is 13.8. The van der Waals surface area contributed by atoms with Crippen molar-refractivity contribution < 1.29 is 9.90 Å². The molecular weight excluding hydrogens is 266 g/mol. The molecule has 21 heavy (non-hydrogen) atoms. The van der Waals surface area contributed by atoms with Crippen LogP contribution in [0.5, 0.6) is 0 Å². The van der Waals surface area contributed by atoms with E-state index in [1.165, 1.54) is 4.90 Å². The van der Waals surface area contributed by atoms with Gasteiger partial charge in [-0.05, 0) is 30.7 Å². The zero-order chi connectivity index (χ0) is 14.8. The summed E-state index contributed by atoms with van der Waals surface area (Å²) in [5.41, 5.74) is 7.18.